The highest BCUT2D eigenvalue weighted by Gasteiger charge is 2.28. The number of thiophene rings is 1. The van der Waals surface area contributed by atoms with Crippen LogP contribution in [0.3, 0.4) is 0 Å². The van der Waals surface area contributed by atoms with Crippen molar-refractivity contribution in [2.45, 2.75) is 10.6 Å². The van der Waals surface area contributed by atoms with E-state index in [2.05, 4.69) is 11.0 Å². The topological polar surface area (TPSA) is 64.4 Å². The first-order chi connectivity index (χ1) is 8.64. The molecule has 0 atom stereocenters. The molecular weight excluding hydrogens is 270 g/mol. The summed E-state index contributed by atoms with van der Waals surface area (Å²) in [6.45, 7) is 3.14. The largest absolute Gasteiger partial charge is 0.300 e. The molecule has 0 unspecified atom stereocenters. The molecule has 0 amide bonds. The molecule has 0 spiro atoms. The van der Waals surface area contributed by atoms with Crippen LogP contribution < -0.4 is 0 Å². The molecule has 98 valence electrons. The number of sulfonamides is 1. The number of nitriles is 1. The molecule has 0 saturated carbocycles. The third kappa shape index (κ3) is 2.90. The van der Waals surface area contributed by atoms with Crippen LogP contribution in [0, 0.1) is 11.3 Å². The Labute approximate surface area is 111 Å². The summed E-state index contributed by atoms with van der Waals surface area (Å²) in [5.74, 6) is 0. The van der Waals surface area contributed by atoms with E-state index >= 15 is 0 Å². The van der Waals surface area contributed by atoms with E-state index in [0.717, 1.165) is 6.54 Å². The molecule has 5 nitrogen and oxygen atoms in total. The van der Waals surface area contributed by atoms with Crippen molar-refractivity contribution in [1.29, 1.82) is 5.26 Å². The number of hydrogen-bond acceptors (Lipinski definition) is 5. The summed E-state index contributed by atoms with van der Waals surface area (Å²) in [4.78, 5) is 2.13. The SMILES string of the molecule is N#CCCN1CCN(S(=O)(=O)c2cccs2)CC1. The molecular formula is C11H15N3O2S2. The van der Waals surface area contributed by atoms with Gasteiger partial charge in [0.2, 0.25) is 0 Å². The average Bonchev–Trinajstić information content (AvgIpc) is 2.91. The Balaban J connectivity index is 1.96. The Kier molecular flexibility index (Phi) is 4.35. The Morgan fingerprint density at radius 2 is 2.06 bits per heavy atom. The fourth-order valence-electron chi connectivity index (χ4n) is 1.94. The third-order valence-corrected chi connectivity index (χ3v) is 6.23. The summed E-state index contributed by atoms with van der Waals surface area (Å²) in [5, 5.41) is 10.3. The van der Waals surface area contributed by atoms with Crippen LogP contribution in [0.2, 0.25) is 0 Å². The van der Waals surface area contributed by atoms with Crippen molar-refractivity contribution in [2.24, 2.45) is 0 Å². The molecule has 18 heavy (non-hydrogen) atoms. The van der Waals surface area contributed by atoms with E-state index in [0.29, 0.717) is 36.8 Å². The maximum Gasteiger partial charge on any atom is 0.252 e. The molecule has 7 heteroatoms. The summed E-state index contributed by atoms with van der Waals surface area (Å²) in [6, 6.07) is 5.50. The fraction of sp³-hybridized carbons (Fsp3) is 0.545. The maximum absolute atomic E-state index is 12.2. The van der Waals surface area contributed by atoms with Crippen LogP contribution >= 0.6 is 11.3 Å². The molecule has 1 aliphatic heterocycles. The summed E-state index contributed by atoms with van der Waals surface area (Å²) >= 11 is 1.25. The van der Waals surface area contributed by atoms with Gasteiger partial charge in [0, 0.05) is 39.1 Å². The zero-order valence-electron chi connectivity index (χ0n) is 9.95. The molecule has 1 saturated heterocycles. The predicted molar refractivity (Wildman–Crippen MR) is 69.7 cm³/mol. The van der Waals surface area contributed by atoms with E-state index in [9.17, 15) is 8.42 Å². The molecule has 0 aliphatic carbocycles. The van der Waals surface area contributed by atoms with Gasteiger partial charge in [-0.1, -0.05) is 6.07 Å². The van der Waals surface area contributed by atoms with Crippen LogP contribution in [0.15, 0.2) is 21.7 Å². The summed E-state index contributed by atoms with van der Waals surface area (Å²) in [6.07, 6.45) is 0.498. The molecule has 1 fully saturated rings. The standard InChI is InChI=1S/C11H15N3O2S2/c12-4-2-5-13-6-8-14(9-7-13)18(15,16)11-3-1-10-17-11/h1,3,10H,2,5-9H2. The van der Waals surface area contributed by atoms with Gasteiger partial charge >= 0.3 is 0 Å². The Morgan fingerprint density at radius 3 is 2.61 bits per heavy atom. The van der Waals surface area contributed by atoms with Gasteiger partial charge in [-0.05, 0) is 11.4 Å². The Bertz CT molecular complexity index is 511. The van der Waals surface area contributed by atoms with Gasteiger partial charge in [0.05, 0.1) is 6.07 Å². The maximum atomic E-state index is 12.2. The monoisotopic (exact) mass is 285 g/mol. The highest BCUT2D eigenvalue weighted by molar-refractivity contribution is 7.91. The van der Waals surface area contributed by atoms with E-state index in [1.54, 1.807) is 17.5 Å². The van der Waals surface area contributed by atoms with Crippen LogP contribution in [0.1, 0.15) is 6.42 Å². The van der Waals surface area contributed by atoms with Gasteiger partial charge in [-0.2, -0.15) is 9.57 Å². The average molecular weight is 285 g/mol. The molecule has 2 rings (SSSR count). The first-order valence-corrected chi connectivity index (χ1v) is 8.09. The highest BCUT2D eigenvalue weighted by atomic mass is 32.2. The van der Waals surface area contributed by atoms with Gasteiger partial charge in [0.25, 0.3) is 10.0 Å². The van der Waals surface area contributed by atoms with Crippen molar-refractivity contribution < 1.29 is 8.42 Å². The van der Waals surface area contributed by atoms with E-state index in [1.165, 1.54) is 15.6 Å². The fourth-order valence-corrected chi connectivity index (χ4v) is 4.51. The van der Waals surface area contributed by atoms with E-state index in [-0.39, 0.29) is 0 Å². The lowest BCUT2D eigenvalue weighted by atomic mass is 10.3. The summed E-state index contributed by atoms with van der Waals surface area (Å²) in [5.41, 5.74) is 0. The van der Waals surface area contributed by atoms with Crippen LogP contribution in [0.25, 0.3) is 0 Å². The lowest BCUT2D eigenvalue weighted by Crippen LogP contribution is -2.48. The van der Waals surface area contributed by atoms with Crippen molar-refractivity contribution in [3.63, 3.8) is 0 Å². The summed E-state index contributed by atoms with van der Waals surface area (Å²) in [7, 11) is -3.30. The molecule has 0 aromatic carbocycles. The van der Waals surface area contributed by atoms with Gasteiger partial charge in [-0.3, -0.25) is 4.90 Å². The first-order valence-electron chi connectivity index (χ1n) is 5.77. The Hall–Kier alpha value is -0.940. The molecule has 0 N–H and O–H groups in total. The zero-order valence-corrected chi connectivity index (χ0v) is 11.6. The third-order valence-electron chi connectivity index (χ3n) is 2.96. The molecule has 1 aromatic rings. The summed E-state index contributed by atoms with van der Waals surface area (Å²) < 4.78 is 26.4. The molecule has 0 bridgehead atoms. The molecule has 1 aliphatic rings. The highest BCUT2D eigenvalue weighted by Crippen LogP contribution is 2.21. The van der Waals surface area contributed by atoms with Crippen molar-refractivity contribution >= 4 is 21.4 Å². The van der Waals surface area contributed by atoms with Crippen molar-refractivity contribution in [3.05, 3.63) is 17.5 Å². The van der Waals surface area contributed by atoms with Crippen LogP contribution in [-0.2, 0) is 10.0 Å². The van der Waals surface area contributed by atoms with Gasteiger partial charge in [0.1, 0.15) is 4.21 Å². The predicted octanol–water partition coefficient (Wildman–Crippen LogP) is 0.968. The van der Waals surface area contributed by atoms with Crippen molar-refractivity contribution in [2.75, 3.05) is 32.7 Å². The van der Waals surface area contributed by atoms with Gasteiger partial charge < -0.3 is 0 Å². The second-order valence-electron chi connectivity index (χ2n) is 4.09. The van der Waals surface area contributed by atoms with Gasteiger partial charge in [-0.15, -0.1) is 11.3 Å². The lowest BCUT2D eigenvalue weighted by molar-refractivity contribution is 0.192. The second kappa shape index (κ2) is 5.80. The first kappa shape index (κ1) is 13.5. The minimum Gasteiger partial charge on any atom is -0.300 e. The normalized spacial score (nSPS) is 18.6. The number of nitrogens with zero attached hydrogens (tertiary/aromatic N) is 3. The van der Waals surface area contributed by atoms with Gasteiger partial charge in [-0.25, -0.2) is 8.42 Å². The van der Waals surface area contributed by atoms with E-state index in [1.807, 2.05) is 0 Å². The number of hydrogen-bond donors (Lipinski definition) is 0. The van der Waals surface area contributed by atoms with Gasteiger partial charge in [0.15, 0.2) is 0 Å². The van der Waals surface area contributed by atoms with Crippen LogP contribution in [-0.4, -0.2) is 50.3 Å². The number of rotatable bonds is 4. The van der Waals surface area contributed by atoms with Crippen LogP contribution in [0.5, 0.6) is 0 Å². The smallest absolute Gasteiger partial charge is 0.252 e. The molecule has 2 heterocycles. The molecule has 1 aromatic heterocycles. The Morgan fingerprint density at radius 1 is 1.33 bits per heavy atom. The van der Waals surface area contributed by atoms with Crippen LogP contribution in [0.4, 0.5) is 0 Å². The number of piperazine rings is 1. The molecule has 0 radical (unpaired) electrons. The minimum atomic E-state index is -3.30. The quantitative estimate of drug-likeness (QED) is 0.827. The van der Waals surface area contributed by atoms with Crippen molar-refractivity contribution in [3.8, 4) is 6.07 Å². The second-order valence-corrected chi connectivity index (χ2v) is 7.20. The zero-order chi connectivity index (χ0) is 13.0. The lowest BCUT2D eigenvalue weighted by Gasteiger charge is -2.33. The van der Waals surface area contributed by atoms with Crippen molar-refractivity contribution in [1.82, 2.24) is 9.21 Å². The van der Waals surface area contributed by atoms with E-state index in [4.69, 9.17) is 5.26 Å². The minimum absolute atomic E-state index is 0.410. The van der Waals surface area contributed by atoms with E-state index < -0.39 is 10.0 Å².